The van der Waals surface area contributed by atoms with Crippen molar-refractivity contribution in [1.29, 1.82) is 0 Å². The van der Waals surface area contributed by atoms with Crippen LogP contribution in [0.5, 0.6) is 0 Å². The molecule has 0 saturated heterocycles. The molecule has 0 aliphatic heterocycles. The molecule has 0 saturated carbocycles. The summed E-state index contributed by atoms with van der Waals surface area (Å²) in [5, 5.41) is 4.73. The minimum absolute atomic E-state index is 0.0460. The fourth-order valence-corrected chi connectivity index (χ4v) is 2.66. The lowest BCUT2D eigenvalue weighted by Crippen LogP contribution is -2.29. The third-order valence-electron chi connectivity index (χ3n) is 2.67. The van der Waals surface area contributed by atoms with Gasteiger partial charge in [-0.25, -0.2) is 9.50 Å². The van der Waals surface area contributed by atoms with E-state index in [4.69, 9.17) is 0 Å². The molecule has 2 aromatic heterocycles. The van der Waals surface area contributed by atoms with Crippen molar-refractivity contribution in [3.05, 3.63) is 17.5 Å². The number of amides is 1. The number of carbonyl (C=O) groups is 1. The molecule has 0 aromatic carbocycles. The average Bonchev–Trinajstić information content (AvgIpc) is 2.70. The van der Waals surface area contributed by atoms with Gasteiger partial charge in [0.1, 0.15) is 0 Å². The molecule has 2 aromatic rings. The Morgan fingerprint density at radius 2 is 2.05 bits per heavy atom. The lowest BCUT2D eigenvalue weighted by molar-refractivity contribution is -0.127. The van der Waals surface area contributed by atoms with E-state index in [1.54, 1.807) is 23.5 Å². The Morgan fingerprint density at radius 3 is 2.68 bits per heavy atom. The number of aryl methyl sites for hydroxylation is 2. The minimum atomic E-state index is -0.214. The average molecular weight is 279 g/mol. The van der Waals surface area contributed by atoms with Gasteiger partial charge in [0.05, 0.1) is 5.25 Å². The van der Waals surface area contributed by atoms with E-state index in [2.05, 4.69) is 15.1 Å². The Hall–Kier alpha value is -1.63. The molecule has 1 amide bonds. The Bertz CT molecular complexity index is 622. The van der Waals surface area contributed by atoms with Crippen molar-refractivity contribution in [2.24, 2.45) is 0 Å². The Balaban J connectivity index is 2.27. The first-order valence-electron chi connectivity index (χ1n) is 5.97. The van der Waals surface area contributed by atoms with Crippen LogP contribution >= 0.6 is 11.8 Å². The number of hydrogen-bond acceptors (Lipinski definition) is 5. The van der Waals surface area contributed by atoms with Crippen molar-refractivity contribution in [3.63, 3.8) is 0 Å². The molecule has 0 spiro atoms. The topological polar surface area (TPSA) is 63.4 Å². The summed E-state index contributed by atoms with van der Waals surface area (Å²) in [5.74, 6) is 0.620. The van der Waals surface area contributed by atoms with E-state index in [1.807, 2.05) is 26.8 Å². The van der Waals surface area contributed by atoms with Gasteiger partial charge in [-0.2, -0.15) is 4.98 Å². The summed E-state index contributed by atoms with van der Waals surface area (Å²) >= 11 is 1.35. The van der Waals surface area contributed by atoms with E-state index < -0.39 is 0 Å². The summed E-state index contributed by atoms with van der Waals surface area (Å²) < 4.78 is 1.70. The molecule has 1 atom stereocenters. The maximum absolute atomic E-state index is 11.8. The van der Waals surface area contributed by atoms with Crippen LogP contribution in [-0.2, 0) is 4.79 Å². The van der Waals surface area contributed by atoms with Crippen LogP contribution in [0.4, 0.5) is 0 Å². The van der Waals surface area contributed by atoms with Crippen LogP contribution < -0.4 is 0 Å². The molecule has 2 rings (SSSR count). The zero-order valence-electron chi connectivity index (χ0n) is 11.7. The van der Waals surface area contributed by atoms with E-state index >= 15 is 0 Å². The number of fused-ring (bicyclic) bond motifs is 1. The highest BCUT2D eigenvalue weighted by Gasteiger charge is 2.19. The smallest absolute Gasteiger partial charge is 0.253 e. The van der Waals surface area contributed by atoms with Gasteiger partial charge in [-0.15, -0.1) is 5.10 Å². The SMILES string of the molecule is Cc1cc(C)n2nc(S[C@H](C)C(=O)N(C)C)nc2n1. The molecular weight excluding hydrogens is 262 g/mol. The van der Waals surface area contributed by atoms with Gasteiger partial charge in [0.25, 0.3) is 5.78 Å². The van der Waals surface area contributed by atoms with Crippen LogP contribution in [0, 0.1) is 13.8 Å². The molecule has 0 aliphatic carbocycles. The molecule has 0 unspecified atom stereocenters. The van der Waals surface area contributed by atoms with E-state index in [0.717, 1.165) is 11.4 Å². The molecule has 0 fully saturated rings. The summed E-state index contributed by atoms with van der Waals surface area (Å²) in [6.45, 7) is 5.73. The Kier molecular flexibility index (Phi) is 3.75. The third kappa shape index (κ3) is 2.86. The first-order chi connectivity index (χ1) is 8.88. The highest BCUT2D eigenvalue weighted by Crippen LogP contribution is 2.21. The van der Waals surface area contributed by atoms with Crippen LogP contribution in [0.1, 0.15) is 18.3 Å². The van der Waals surface area contributed by atoms with Crippen molar-refractivity contribution in [3.8, 4) is 0 Å². The second-order valence-corrected chi connectivity index (χ2v) is 5.95. The van der Waals surface area contributed by atoms with Crippen molar-refractivity contribution < 1.29 is 4.79 Å². The van der Waals surface area contributed by atoms with Gasteiger partial charge in [0.2, 0.25) is 11.1 Å². The number of rotatable bonds is 3. The zero-order chi connectivity index (χ0) is 14.2. The fraction of sp³-hybridized carbons (Fsp3) is 0.500. The molecule has 6 nitrogen and oxygen atoms in total. The second kappa shape index (κ2) is 5.16. The Morgan fingerprint density at radius 1 is 1.37 bits per heavy atom. The van der Waals surface area contributed by atoms with Gasteiger partial charge in [-0.1, -0.05) is 11.8 Å². The fourth-order valence-electron chi connectivity index (χ4n) is 1.77. The van der Waals surface area contributed by atoms with E-state index in [-0.39, 0.29) is 11.2 Å². The van der Waals surface area contributed by atoms with E-state index in [0.29, 0.717) is 10.9 Å². The third-order valence-corrected chi connectivity index (χ3v) is 3.61. The summed E-state index contributed by atoms with van der Waals surface area (Å²) in [4.78, 5) is 22.1. The lowest BCUT2D eigenvalue weighted by atomic mass is 10.4. The molecule has 102 valence electrons. The monoisotopic (exact) mass is 279 g/mol. The van der Waals surface area contributed by atoms with Gasteiger partial charge in [0.15, 0.2) is 0 Å². The first-order valence-corrected chi connectivity index (χ1v) is 6.85. The Labute approximate surface area is 116 Å². The van der Waals surface area contributed by atoms with E-state index in [1.165, 1.54) is 11.8 Å². The van der Waals surface area contributed by atoms with Gasteiger partial charge < -0.3 is 4.90 Å². The number of carbonyl (C=O) groups excluding carboxylic acids is 1. The lowest BCUT2D eigenvalue weighted by Gasteiger charge is -2.14. The molecule has 7 heteroatoms. The highest BCUT2D eigenvalue weighted by atomic mass is 32.2. The first kappa shape index (κ1) is 13.8. The number of nitrogens with zero attached hydrogens (tertiary/aromatic N) is 5. The van der Waals surface area contributed by atoms with Gasteiger partial charge in [0, 0.05) is 25.5 Å². The molecule has 0 aliphatic rings. The van der Waals surface area contributed by atoms with Crippen molar-refractivity contribution in [2.45, 2.75) is 31.2 Å². The predicted molar refractivity (Wildman–Crippen MR) is 74.3 cm³/mol. The maximum atomic E-state index is 11.8. The van der Waals surface area contributed by atoms with Gasteiger partial charge in [-0.3, -0.25) is 4.79 Å². The van der Waals surface area contributed by atoms with Gasteiger partial charge >= 0.3 is 0 Å². The highest BCUT2D eigenvalue weighted by molar-refractivity contribution is 8.00. The number of aromatic nitrogens is 4. The summed E-state index contributed by atoms with van der Waals surface area (Å²) in [7, 11) is 3.48. The second-order valence-electron chi connectivity index (χ2n) is 4.64. The molecule has 0 N–H and O–H groups in total. The van der Waals surface area contributed by atoms with Crippen LogP contribution in [-0.4, -0.2) is 49.7 Å². The van der Waals surface area contributed by atoms with E-state index in [9.17, 15) is 4.79 Å². The van der Waals surface area contributed by atoms with Crippen molar-refractivity contribution >= 4 is 23.4 Å². The minimum Gasteiger partial charge on any atom is -0.348 e. The van der Waals surface area contributed by atoms with Crippen LogP contribution in [0.3, 0.4) is 0 Å². The van der Waals surface area contributed by atoms with Crippen LogP contribution in [0.25, 0.3) is 5.78 Å². The van der Waals surface area contributed by atoms with Gasteiger partial charge in [-0.05, 0) is 26.8 Å². The van der Waals surface area contributed by atoms with Crippen molar-refractivity contribution in [1.82, 2.24) is 24.5 Å². The normalized spacial score (nSPS) is 12.7. The summed E-state index contributed by atoms with van der Waals surface area (Å²) in [6.07, 6.45) is 0. The largest absolute Gasteiger partial charge is 0.348 e. The molecule has 19 heavy (non-hydrogen) atoms. The van der Waals surface area contributed by atoms with Crippen LogP contribution in [0.15, 0.2) is 11.2 Å². The summed E-state index contributed by atoms with van der Waals surface area (Å²) in [5.41, 5.74) is 1.89. The van der Waals surface area contributed by atoms with Crippen LogP contribution in [0.2, 0.25) is 0 Å². The quantitative estimate of drug-likeness (QED) is 0.793. The molecule has 2 heterocycles. The number of thioether (sulfide) groups is 1. The standard InChI is InChI=1S/C12H17N5OS/c1-7-6-8(2)17-11(13-7)14-12(15-17)19-9(3)10(18)16(4)5/h6,9H,1-5H3/t9-/m1/s1. The summed E-state index contributed by atoms with van der Waals surface area (Å²) in [6, 6.07) is 1.95. The predicted octanol–water partition coefficient (Wildman–Crippen LogP) is 1.31. The molecule has 0 bridgehead atoms. The molecular formula is C12H17N5OS. The van der Waals surface area contributed by atoms with Crippen molar-refractivity contribution in [2.75, 3.05) is 14.1 Å². The number of hydrogen-bond donors (Lipinski definition) is 0. The maximum Gasteiger partial charge on any atom is 0.253 e. The molecule has 0 radical (unpaired) electrons. The zero-order valence-corrected chi connectivity index (χ0v) is 12.5.